The average molecular weight is 400 g/mol. The quantitative estimate of drug-likeness (QED) is 0.827. The average Bonchev–Trinajstić information content (AvgIpc) is 2.71. The van der Waals surface area contributed by atoms with Crippen molar-refractivity contribution in [3.05, 3.63) is 58.1 Å². The van der Waals surface area contributed by atoms with Crippen molar-refractivity contribution in [2.24, 2.45) is 10.7 Å². The molecule has 6 nitrogen and oxygen atoms in total. The van der Waals surface area contributed by atoms with Gasteiger partial charge in [0.2, 0.25) is 0 Å². The molecule has 27 heavy (non-hydrogen) atoms. The molecule has 0 saturated heterocycles. The molecule has 2 aromatic rings. The van der Waals surface area contributed by atoms with Crippen LogP contribution < -0.4 is 11.1 Å². The SMILES string of the molecule is [2H]c1nc(C(=O)Nc2ccc(F)c(C3(CF)COCC(N)=N3)c2)c(C([2H])([2H])[2H])c([2H])c1Cl. The smallest absolute Gasteiger partial charge is 0.274 e. The third-order valence-electron chi connectivity index (χ3n) is 3.85. The van der Waals surface area contributed by atoms with E-state index in [1.165, 1.54) is 0 Å². The number of carbonyl (C=O) groups excluding carboxylic acids is 1. The summed E-state index contributed by atoms with van der Waals surface area (Å²) >= 11 is 5.76. The zero-order valence-electron chi connectivity index (χ0n) is 18.8. The minimum absolute atomic E-state index is 0.0265. The summed E-state index contributed by atoms with van der Waals surface area (Å²) in [5.74, 6) is -1.93. The largest absolute Gasteiger partial charge is 0.385 e. The lowest BCUT2D eigenvalue weighted by atomic mass is 9.91. The van der Waals surface area contributed by atoms with Crippen LogP contribution in [0.2, 0.25) is 5.02 Å². The lowest BCUT2D eigenvalue weighted by molar-refractivity contribution is 0.0809. The maximum atomic E-state index is 14.5. The first-order chi connectivity index (χ1) is 14.9. The van der Waals surface area contributed by atoms with Crippen LogP contribution in [-0.4, -0.2) is 36.6 Å². The van der Waals surface area contributed by atoms with E-state index in [0.717, 1.165) is 18.2 Å². The molecule has 0 spiro atoms. The van der Waals surface area contributed by atoms with Crippen molar-refractivity contribution in [3.8, 4) is 0 Å². The molecule has 0 saturated carbocycles. The van der Waals surface area contributed by atoms with Gasteiger partial charge in [-0.2, -0.15) is 0 Å². The first kappa shape index (κ1) is 13.6. The monoisotopic (exact) mass is 399 g/mol. The highest BCUT2D eigenvalue weighted by molar-refractivity contribution is 6.30. The summed E-state index contributed by atoms with van der Waals surface area (Å²) in [6.45, 7) is -4.38. The normalized spacial score (nSPS) is 22.6. The van der Waals surface area contributed by atoms with E-state index >= 15 is 0 Å². The lowest BCUT2D eigenvalue weighted by Crippen LogP contribution is -2.42. The standard InChI is InChI=1S/C18H17ClF2N4O2/c1-10-4-11(19)6-23-16(10)17(26)24-12-2-3-14(21)13(5-12)18(8-20)9-27-7-15(22)25-18/h2-6H,7-9H2,1H3,(H2,22,25)(H,24,26)/i1D3,4D,6D. The van der Waals surface area contributed by atoms with E-state index in [-0.39, 0.29) is 30.3 Å². The minimum atomic E-state index is -2.92. The van der Waals surface area contributed by atoms with Gasteiger partial charge in [-0.1, -0.05) is 11.6 Å². The molecule has 1 aromatic carbocycles. The van der Waals surface area contributed by atoms with Crippen LogP contribution in [0.3, 0.4) is 0 Å². The Morgan fingerprint density at radius 3 is 3.11 bits per heavy atom. The molecule has 3 N–H and O–H groups in total. The number of halogens is 3. The molecule has 0 bridgehead atoms. The first-order valence-corrected chi connectivity index (χ1v) is 8.04. The van der Waals surface area contributed by atoms with E-state index in [9.17, 15) is 13.6 Å². The molecule has 142 valence electrons. The Balaban J connectivity index is 2.04. The number of anilines is 1. The van der Waals surface area contributed by atoms with Gasteiger partial charge in [0.05, 0.1) is 14.4 Å². The van der Waals surface area contributed by atoms with Crippen LogP contribution in [0, 0.1) is 12.7 Å². The van der Waals surface area contributed by atoms with Crippen LogP contribution in [0.25, 0.3) is 0 Å². The molecular formula is C18H17ClF2N4O2. The number of amides is 1. The molecule has 9 heteroatoms. The number of alkyl halides is 1. The number of ether oxygens (including phenoxy) is 1. The third kappa shape index (κ3) is 3.91. The number of carbonyl (C=O) groups is 1. The third-order valence-corrected chi connectivity index (χ3v) is 4.03. The summed E-state index contributed by atoms with van der Waals surface area (Å²) in [6.07, 6.45) is -0.657. The Kier molecular flexibility index (Phi) is 3.81. The molecule has 1 amide bonds. The Labute approximate surface area is 166 Å². The highest BCUT2D eigenvalue weighted by Crippen LogP contribution is 2.33. The molecular weight excluding hydrogens is 378 g/mol. The molecule has 1 aliphatic heterocycles. The number of nitrogens with zero attached hydrogens (tertiary/aromatic N) is 2. The summed E-state index contributed by atoms with van der Waals surface area (Å²) in [6, 6.07) is 2.52. The van der Waals surface area contributed by atoms with Gasteiger partial charge in [0.25, 0.3) is 5.91 Å². The molecule has 1 aliphatic rings. The number of benzene rings is 1. The van der Waals surface area contributed by atoms with Crippen LogP contribution >= 0.6 is 11.6 Å². The maximum Gasteiger partial charge on any atom is 0.274 e. The van der Waals surface area contributed by atoms with Gasteiger partial charge in [0.15, 0.2) is 0 Å². The molecule has 0 fully saturated rings. The minimum Gasteiger partial charge on any atom is -0.385 e. The van der Waals surface area contributed by atoms with Crippen molar-refractivity contribution in [1.82, 2.24) is 4.98 Å². The number of aromatic nitrogens is 1. The molecule has 0 aliphatic carbocycles. The van der Waals surface area contributed by atoms with Crippen molar-refractivity contribution >= 4 is 29.0 Å². The van der Waals surface area contributed by atoms with Crippen LogP contribution in [0.15, 0.2) is 35.4 Å². The van der Waals surface area contributed by atoms with E-state index in [0.29, 0.717) is 0 Å². The van der Waals surface area contributed by atoms with Gasteiger partial charge in [-0.05, 0) is 36.7 Å². The number of hydrogen-bond donors (Lipinski definition) is 2. The topological polar surface area (TPSA) is 89.6 Å². The van der Waals surface area contributed by atoms with E-state index in [1.807, 2.05) is 0 Å². The van der Waals surface area contributed by atoms with Crippen molar-refractivity contribution in [2.45, 2.75) is 12.4 Å². The second-order valence-electron chi connectivity index (χ2n) is 5.80. The number of hydrogen-bond acceptors (Lipinski definition) is 5. The zero-order chi connectivity index (χ0) is 23.8. The van der Waals surface area contributed by atoms with Gasteiger partial charge < -0.3 is 15.8 Å². The van der Waals surface area contributed by atoms with E-state index in [1.54, 1.807) is 0 Å². The molecule has 1 atom stereocenters. The van der Waals surface area contributed by atoms with E-state index in [4.69, 9.17) is 28.9 Å². The van der Waals surface area contributed by atoms with Gasteiger partial charge in [0, 0.05) is 21.5 Å². The number of nitrogens with two attached hydrogens (primary N) is 1. The predicted octanol–water partition coefficient (Wildman–Crippen LogP) is 2.99. The highest BCUT2D eigenvalue weighted by Gasteiger charge is 2.38. The summed E-state index contributed by atoms with van der Waals surface area (Å²) in [7, 11) is 0. The second-order valence-corrected chi connectivity index (χ2v) is 6.17. The number of rotatable bonds is 4. The van der Waals surface area contributed by atoms with Crippen LogP contribution in [0.1, 0.15) is 28.5 Å². The van der Waals surface area contributed by atoms with Gasteiger partial charge >= 0.3 is 0 Å². The number of pyridine rings is 1. The predicted molar refractivity (Wildman–Crippen MR) is 98.4 cm³/mol. The van der Waals surface area contributed by atoms with Crippen LogP contribution in [-0.2, 0) is 10.3 Å². The maximum absolute atomic E-state index is 14.5. The Morgan fingerprint density at radius 2 is 2.41 bits per heavy atom. The van der Waals surface area contributed by atoms with Gasteiger partial charge in [0.1, 0.15) is 36.2 Å². The summed E-state index contributed by atoms with van der Waals surface area (Å²) in [5.41, 5.74) is 2.15. The fourth-order valence-electron chi connectivity index (χ4n) is 2.61. The van der Waals surface area contributed by atoms with Crippen molar-refractivity contribution in [3.63, 3.8) is 0 Å². The Bertz CT molecular complexity index is 1120. The van der Waals surface area contributed by atoms with Gasteiger partial charge in [-0.15, -0.1) is 0 Å². The summed E-state index contributed by atoms with van der Waals surface area (Å²) in [5, 5.41) is 1.81. The fraction of sp³-hybridized carbons (Fsp3) is 0.278. The fourth-order valence-corrected chi connectivity index (χ4v) is 2.75. The van der Waals surface area contributed by atoms with Crippen molar-refractivity contribution < 1.29 is 25.2 Å². The Morgan fingerprint density at radius 1 is 1.59 bits per heavy atom. The van der Waals surface area contributed by atoms with Crippen molar-refractivity contribution in [2.75, 3.05) is 25.2 Å². The number of amidine groups is 1. The number of nitrogens with one attached hydrogen (secondary N) is 1. The van der Waals surface area contributed by atoms with Crippen LogP contribution in [0.4, 0.5) is 14.5 Å². The molecule has 3 rings (SSSR count). The number of aliphatic imine (C=N–C) groups is 1. The summed E-state index contributed by atoms with van der Waals surface area (Å²) < 4.78 is 72.1. The summed E-state index contributed by atoms with van der Waals surface area (Å²) in [4.78, 5) is 20.4. The molecule has 1 unspecified atom stereocenters. The van der Waals surface area contributed by atoms with Gasteiger partial charge in [-0.25, -0.2) is 13.8 Å². The van der Waals surface area contributed by atoms with E-state index < -0.39 is 59.3 Å². The molecule has 2 heterocycles. The molecule has 0 radical (unpaired) electrons. The zero-order valence-corrected chi connectivity index (χ0v) is 14.5. The first-order valence-electron chi connectivity index (χ1n) is 10.2. The van der Waals surface area contributed by atoms with Crippen LogP contribution in [0.5, 0.6) is 0 Å². The Hall–Kier alpha value is -2.58. The molecule has 1 aromatic heterocycles. The van der Waals surface area contributed by atoms with Gasteiger partial charge in [-0.3, -0.25) is 9.79 Å². The highest BCUT2D eigenvalue weighted by atomic mass is 35.5. The van der Waals surface area contributed by atoms with E-state index in [2.05, 4.69) is 15.3 Å². The lowest BCUT2D eigenvalue weighted by Gasteiger charge is -2.31. The second kappa shape index (κ2) is 7.58. The van der Waals surface area contributed by atoms with Crippen molar-refractivity contribution in [1.29, 1.82) is 0 Å².